The van der Waals surface area contributed by atoms with Gasteiger partial charge in [-0.1, -0.05) is 6.07 Å². The normalized spacial score (nSPS) is 18.5. The van der Waals surface area contributed by atoms with Crippen LogP contribution in [0.4, 0.5) is 10.5 Å². The summed E-state index contributed by atoms with van der Waals surface area (Å²) in [5.74, 6) is -0.687. The molecular formula is C19H27N3O6. The second-order valence-corrected chi connectivity index (χ2v) is 7.73. The molecule has 0 aliphatic carbocycles. The Balaban J connectivity index is 2.05. The standard InChI is InChI=1S/C19H27N3O6/c1-10-6-7-12-14(8-10)27-9-13(16(24)20-12)21-17(25)15(11(2)23)22-18(26)28-19(3,4)5/h6-8,11,13,15,23H,9H2,1-5H3,(H,20,24)(H,21,25)(H,22,26)/t11-,13?,15-/m0/s1. The molecule has 1 aromatic carbocycles. The molecule has 154 valence electrons. The van der Waals surface area contributed by atoms with E-state index in [1.165, 1.54) is 6.92 Å². The lowest BCUT2D eigenvalue weighted by molar-refractivity contribution is -0.130. The Morgan fingerprint density at radius 2 is 2.04 bits per heavy atom. The van der Waals surface area contributed by atoms with Gasteiger partial charge in [-0.15, -0.1) is 0 Å². The predicted octanol–water partition coefficient (Wildman–Crippen LogP) is 1.08. The number of aliphatic hydroxyl groups excluding tert-OH is 1. The molecule has 1 aromatic rings. The van der Waals surface area contributed by atoms with Gasteiger partial charge in [-0.2, -0.15) is 0 Å². The quantitative estimate of drug-likeness (QED) is 0.607. The van der Waals surface area contributed by atoms with E-state index in [1.54, 1.807) is 32.9 Å². The van der Waals surface area contributed by atoms with Gasteiger partial charge in [0, 0.05) is 0 Å². The van der Waals surface area contributed by atoms with Crippen molar-refractivity contribution in [3.63, 3.8) is 0 Å². The summed E-state index contributed by atoms with van der Waals surface area (Å²) in [6.45, 7) is 8.19. The van der Waals surface area contributed by atoms with Gasteiger partial charge >= 0.3 is 6.09 Å². The molecule has 1 aliphatic heterocycles. The number of hydrogen-bond acceptors (Lipinski definition) is 6. The van der Waals surface area contributed by atoms with E-state index in [0.29, 0.717) is 11.4 Å². The third kappa shape index (κ3) is 5.85. The first-order valence-corrected chi connectivity index (χ1v) is 8.98. The van der Waals surface area contributed by atoms with Crippen LogP contribution in [0.1, 0.15) is 33.3 Å². The molecule has 2 rings (SSSR count). The van der Waals surface area contributed by atoms with E-state index in [1.807, 2.05) is 13.0 Å². The molecule has 4 N–H and O–H groups in total. The van der Waals surface area contributed by atoms with Crippen LogP contribution in [0.25, 0.3) is 0 Å². The molecule has 1 aliphatic rings. The second kappa shape index (κ2) is 8.47. The van der Waals surface area contributed by atoms with Crippen molar-refractivity contribution in [2.75, 3.05) is 11.9 Å². The summed E-state index contributed by atoms with van der Waals surface area (Å²) >= 11 is 0. The number of aliphatic hydroxyl groups is 1. The first-order valence-electron chi connectivity index (χ1n) is 8.98. The van der Waals surface area contributed by atoms with Crippen molar-refractivity contribution < 1.29 is 29.0 Å². The third-order valence-corrected chi connectivity index (χ3v) is 3.87. The maximum atomic E-state index is 12.6. The average molecular weight is 393 g/mol. The van der Waals surface area contributed by atoms with E-state index in [4.69, 9.17) is 9.47 Å². The number of benzene rings is 1. The summed E-state index contributed by atoms with van der Waals surface area (Å²) in [6.07, 6.45) is -2.06. The van der Waals surface area contributed by atoms with Gasteiger partial charge in [0.25, 0.3) is 5.91 Å². The minimum absolute atomic E-state index is 0.0903. The molecule has 28 heavy (non-hydrogen) atoms. The lowest BCUT2D eigenvalue weighted by Gasteiger charge is -2.25. The molecule has 0 spiro atoms. The Kier molecular flexibility index (Phi) is 6.50. The molecule has 0 fully saturated rings. The van der Waals surface area contributed by atoms with Gasteiger partial charge in [-0.25, -0.2) is 4.79 Å². The molecule has 3 atom stereocenters. The van der Waals surface area contributed by atoms with Gasteiger partial charge in [0.05, 0.1) is 11.8 Å². The fourth-order valence-electron chi connectivity index (χ4n) is 2.53. The molecule has 0 saturated heterocycles. The molecule has 1 unspecified atom stereocenters. The van der Waals surface area contributed by atoms with Crippen molar-refractivity contribution in [2.24, 2.45) is 0 Å². The molecular weight excluding hydrogens is 366 g/mol. The second-order valence-electron chi connectivity index (χ2n) is 7.73. The van der Waals surface area contributed by atoms with E-state index in [9.17, 15) is 19.5 Å². The zero-order valence-corrected chi connectivity index (χ0v) is 16.7. The molecule has 3 amide bonds. The number of carbonyl (C=O) groups is 3. The van der Waals surface area contributed by atoms with Crippen LogP contribution >= 0.6 is 0 Å². The number of amides is 3. The monoisotopic (exact) mass is 393 g/mol. The van der Waals surface area contributed by atoms with Crippen LogP contribution in [0.2, 0.25) is 0 Å². The van der Waals surface area contributed by atoms with Gasteiger partial charge in [-0.05, 0) is 52.3 Å². The minimum atomic E-state index is -1.30. The van der Waals surface area contributed by atoms with Crippen LogP contribution in [0, 0.1) is 6.92 Å². The number of carbonyl (C=O) groups excluding carboxylic acids is 3. The summed E-state index contributed by atoms with van der Waals surface area (Å²) in [5.41, 5.74) is 0.709. The van der Waals surface area contributed by atoms with Gasteiger partial charge in [-0.3, -0.25) is 9.59 Å². The molecule has 0 saturated carbocycles. The number of ether oxygens (including phenoxy) is 2. The van der Waals surface area contributed by atoms with E-state index >= 15 is 0 Å². The molecule has 9 nitrogen and oxygen atoms in total. The Morgan fingerprint density at radius 3 is 2.64 bits per heavy atom. The first-order chi connectivity index (χ1) is 13.0. The Bertz CT molecular complexity index is 757. The van der Waals surface area contributed by atoms with E-state index in [0.717, 1.165) is 5.56 Å². The lowest BCUT2D eigenvalue weighted by Crippen LogP contribution is -2.57. The molecule has 0 bridgehead atoms. The van der Waals surface area contributed by atoms with Crippen molar-refractivity contribution in [3.8, 4) is 5.75 Å². The number of nitrogens with one attached hydrogen (secondary N) is 3. The van der Waals surface area contributed by atoms with E-state index < -0.39 is 41.7 Å². The van der Waals surface area contributed by atoms with Gasteiger partial charge in [0.2, 0.25) is 5.91 Å². The van der Waals surface area contributed by atoms with Gasteiger partial charge in [0.1, 0.15) is 30.0 Å². The SMILES string of the molecule is Cc1ccc2c(c1)OCC(NC(=O)[C@@H](NC(=O)OC(C)(C)C)[C@H](C)O)C(=O)N2. The largest absolute Gasteiger partial charge is 0.489 e. The number of fused-ring (bicyclic) bond motifs is 1. The highest BCUT2D eigenvalue weighted by Gasteiger charge is 2.32. The highest BCUT2D eigenvalue weighted by Crippen LogP contribution is 2.27. The van der Waals surface area contributed by atoms with E-state index in [2.05, 4.69) is 16.0 Å². The molecule has 1 heterocycles. The Morgan fingerprint density at radius 1 is 1.36 bits per heavy atom. The zero-order valence-electron chi connectivity index (χ0n) is 16.7. The smallest absolute Gasteiger partial charge is 0.408 e. The van der Waals surface area contributed by atoms with E-state index in [-0.39, 0.29) is 6.61 Å². The Hall–Kier alpha value is -2.81. The Labute approximate surface area is 163 Å². The average Bonchev–Trinajstić information content (AvgIpc) is 2.70. The van der Waals surface area contributed by atoms with Gasteiger partial charge in [0.15, 0.2) is 0 Å². The summed E-state index contributed by atoms with van der Waals surface area (Å²) in [5, 5.41) is 17.4. The van der Waals surface area contributed by atoms with Gasteiger partial charge < -0.3 is 30.5 Å². The highest BCUT2D eigenvalue weighted by atomic mass is 16.6. The fourth-order valence-corrected chi connectivity index (χ4v) is 2.53. The van der Waals surface area contributed by atoms with Crippen molar-refractivity contribution in [3.05, 3.63) is 23.8 Å². The molecule has 0 aromatic heterocycles. The fraction of sp³-hybridized carbons (Fsp3) is 0.526. The highest BCUT2D eigenvalue weighted by molar-refractivity contribution is 6.00. The maximum Gasteiger partial charge on any atom is 0.408 e. The summed E-state index contributed by atoms with van der Waals surface area (Å²) in [6, 6.07) is 3.03. The van der Waals surface area contributed by atoms with Crippen molar-refractivity contribution in [2.45, 2.75) is 58.4 Å². The van der Waals surface area contributed by atoms with Crippen LogP contribution in [-0.2, 0) is 14.3 Å². The summed E-state index contributed by atoms with van der Waals surface area (Å²) in [4.78, 5) is 36.9. The summed E-state index contributed by atoms with van der Waals surface area (Å²) in [7, 11) is 0. The molecule has 9 heteroatoms. The predicted molar refractivity (Wildman–Crippen MR) is 102 cm³/mol. The lowest BCUT2D eigenvalue weighted by atomic mass is 10.1. The number of hydrogen-bond donors (Lipinski definition) is 4. The topological polar surface area (TPSA) is 126 Å². The maximum absolute atomic E-state index is 12.6. The van der Waals surface area contributed by atoms with Crippen molar-refractivity contribution in [1.29, 1.82) is 0 Å². The number of aryl methyl sites for hydroxylation is 1. The van der Waals surface area contributed by atoms with Crippen LogP contribution in [0.3, 0.4) is 0 Å². The number of alkyl carbamates (subject to hydrolysis) is 1. The van der Waals surface area contributed by atoms with Crippen LogP contribution in [0.15, 0.2) is 18.2 Å². The van der Waals surface area contributed by atoms with Crippen LogP contribution in [0.5, 0.6) is 5.75 Å². The number of anilines is 1. The minimum Gasteiger partial charge on any atom is -0.489 e. The summed E-state index contributed by atoms with van der Waals surface area (Å²) < 4.78 is 10.7. The van der Waals surface area contributed by atoms with Crippen LogP contribution in [-0.4, -0.2) is 53.4 Å². The molecule has 0 radical (unpaired) electrons. The first kappa shape index (κ1) is 21.5. The number of rotatable bonds is 4. The third-order valence-electron chi connectivity index (χ3n) is 3.87. The van der Waals surface area contributed by atoms with Crippen molar-refractivity contribution >= 4 is 23.6 Å². The zero-order chi connectivity index (χ0) is 21.1. The van der Waals surface area contributed by atoms with Crippen LogP contribution < -0.4 is 20.7 Å². The van der Waals surface area contributed by atoms with Crippen molar-refractivity contribution in [1.82, 2.24) is 10.6 Å².